The summed E-state index contributed by atoms with van der Waals surface area (Å²) in [5, 5.41) is 19.0. The van der Waals surface area contributed by atoms with Crippen LogP contribution in [0, 0.1) is 0 Å². The Morgan fingerprint density at radius 1 is 1.05 bits per heavy atom. The van der Waals surface area contributed by atoms with E-state index in [9.17, 15) is 5.11 Å². The van der Waals surface area contributed by atoms with Crippen LogP contribution in [0.5, 0.6) is 5.75 Å². The average Bonchev–Trinajstić information content (AvgIpc) is 3.05. The van der Waals surface area contributed by atoms with Gasteiger partial charge in [0.1, 0.15) is 17.5 Å². The van der Waals surface area contributed by atoms with Gasteiger partial charge < -0.3 is 9.84 Å². The fraction of sp³-hybridized carbons (Fsp3) is 0.125. The third kappa shape index (κ3) is 2.64. The molecule has 1 atom stereocenters. The lowest BCUT2D eigenvalue weighted by Crippen LogP contribution is -2.04. The van der Waals surface area contributed by atoms with E-state index in [4.69, 9.17) is 4.74 Å². The van der Waals surface area contributed by atoms with Gasteiger partial charge in [-0.3, -0.25) is 0 Å². The average molecular weight is 281 g/mol. The zero-order valence-corrected chi connectivity index (χ0v) is 11.5. The van der Waals surface area contributed by atoms with Crippen molar-refractivity contribution in [2.75, 3.05) is 7.11 Å². The van der Waals surface area contributed by atoms with E-state index in [0.717, 1.165) is 5.69 Å². The van der Waals surface area contributed by atoms with Crippen molar-refractivity contribution >= 4 is 0 Å². The second kappa shape index (κ2) is 5.76. The minimum Gasteiger partial charge on any atom is -0.496 e. The van der Waals surface area contributed by atoms with E-state index in [1.807, 2.05) is 48.5 Å². The molecule has 0 amide bonds. The molecule has 3 aromatic rings. The second-order valence-electron chi connectivity index (χ2n) is 4.54. The molecule has 0 bridgehead atoms. The lowest BCUT2D eigenvalue weighted by Gasteiger charge is -2.12. The van der Waals surface area contributed by atoms with Gasteiger partial charge >= 0.3 is 0 Å². The summed E-state index contributed by atoms with van der Waals surface area (Å²) in [7, 11) is 1.58. The predicted octanol–water partition coefficient (Wildman–Crippen LogP) is 2.36. The Bertz CT molecular complexity index is 725. The second-order valence-corrected chi connectivity index (χ2v) is 4.54. The van der Waals surface area contributed by atoms with Crippen molar-refractivity contribution < 1.29 is 9.84 Å². The number of benzene rings is 2. The summed E-state index contributed by atoms with van der Waals surface area (Å²) in [5.41, 5.74) is 1.99. The van der Waals surface area contributed by atoms with Gasteiger partial charge in [-0.2, -0.15) is 15.0 Å². The van der Waals surface area contributed by atoms with Gasteiger partial charge in [-0.05, 0) is 18.2 Å². The summed E-state index contributed by atoms with van der Waals surface area (Å²) >= 11 is 0. The Labute approximate surface area is 122 Å². The lowest BCUT2D eigenvalue weighted by molar-refractivity contribution is 0.209. The Morgan fingerprint density at radius 3 is 2.52 bits per heavy atom. The highest BCUT2D eigenvalue weighted by molar-refractivity contribution is 5.38. The van der Waals surface area contributed by atoms with E-state index in [2.05, 4.69) is 10.2 Å². The van der Waals surface area contributed by atoms with Crippen molar-refractivity contribution in [3.8, 4) is 11.4 Å². The number of para-hydroxylation sites is 2. The van der Waals surface area contributed by atoms with E-state index >= 15 is 0 Å². The van der Waals surface area contributed by atoms with Gasteiger partial charge in [0.15, 0.2) is 0 Å². The number of aromatic nitrogens is 3. The Balaban J connectivity index is 1.93. The molecule has 0 aliphatic rings. The summed E-state index contributed by atoms with van der Waals surface area (Å²) in [6.07, 6.45) is 0.683. The van der Waals surface area contributed by atoms with Crippen molar-refractivity contribution in [3.63, 3.8) is 0 Å². The zero-order chi connectivity index (χ0) is 14.7. The first kappa shape index (κ1) is 13.3. The molecule has 0 spiro atoms. The van der Waals surface area contributed by atoms with Crippen molar-refractivity contribution in [3.05, 3.63) is 72.1 Å². The van der Waals surface area contributed by atoms with Crippen molar-refractivity contribution in [2.45, 2.75) is 6.10 Å². The molecule has 21 heavy (non-hydrogen) atoms. The summed E-state index contributed by atoms with van der Waals surface area (Å²) in [4.78, 5) is 1.49. The molecular weight excluding hydrogens is 266 g/mol. The van der Waals surface area contributed by atoms with Gasteiger partial charge in [0.2, 0.25) is 0 Å². The molecule has 1 unspecified atom stereocenters. The molecule has 0 radical (unpaired) electrons. The third-order valence-electron chi connectivity index (χ3n) is 3.21. The summed E-state index contributed by atoms with van der Waals surface area (Å²) in [6, 6.07) is 16.9. The first-order chi connectivity index (χ1) is 10.3. The first-order valence-corrected chi connectivity index (χ1v) is 6.58. The minimum atomic E-state index is -0.876. The van der Waals surface area contributed by atoms with Crippen molar-refractivity contribution in [2.24, 2.45) is 0 Å². The maximum atomic E-state index is 10.5. The van der Waals surface area contributed by atoms with Crippen LogP contribution in [0.25, 0.3) is 5.69 Å². The van der Waals surface area contributed by atoms with Crippen molar-refractivity contribution in [1.29, 1.82) is 0 Å². The van der Waals surface area contributed by atoms with E-state index in [-0.39, 0.29) is 0 Å². The van der Waals surface area contributed by atoms with Gasteiger partial charge in [-0.25, -0.2) is 0 Å². The minimum absolute atomic E-state index is 0.475. The molecule has 1 aromatic heterocycles. The lowest BCUT2D eigenvalue weighted by atomic mass is 10.1. The van der Waals surface area contributed by atoms with Gasteiger partial charge in [-0.15, -0.1) is 0 Å². The molecule has 1 heterocycles. The van der Waals surface area contributed by atoms with Crippen LogP contribution in [0.15, 0.2) is 60.8 Å². The highest BCUT2D eigenvalue weighted by atomic mass is 16.5. The fourth-order valence-corrected chi connectivity index (χ4v) is 2.14. The van der Waals surface area contributed by atoms with Gasteiger partial charge in [0.05, 0.1) is 19.0 Å². The summed E-state index contributed by atoms with van der Waals surface area (Å²) in [6.45, 7) is 0. The quantitative estimate of drug-likeness (QED) is 0.797. The van der Waals surface area contributed by atoms with Crippen LogP contribution in [0.3, 0.4) is 0 Å². The monoisotopic (exact) mass is 281 g/mol. The molecular formula is C16H15N3O2. The molecule has 5 heteroatoms. The molecule has 0 saturated heterocycles. The number of aliphatic hydroxyl groups is 1. The molecule has 1 N–H and O–H groups in total. The van der Waals surface area contributed by atoms with E-state index < -0.39 is 6.10 Å². The highest BCUT2D eigenvalue weighted by Gasteiger charge is 2.18. The molecule has 0 saturated carbocycles. The SMILES string of the molecule is COc1ccccc1C(O)c1cnn(-c2ccccc2)n1. The fourth-order valence-electron chi connectivity index (χ4n) is 2.14. The van der Waals surface area contributed by atoms with Crippen LogP contribution >= 0.6 is 0 Å². The number of rotatable bonds is 4. The van der Waals surface area contributed by atoms with Gasteiger partial charge in [0.25, 0.3) is 0 Å². The number of ether oxygens (including phenoxy) is 1. The normalized spacial score (nSPS) is 12.1. The van der Waals surface area contributed by atoms with Crippen LogP contribution < -0.4 is 4.74 Å². The number of nitrogens with zero attached hydrogens (tertiary/aromatic N) is 3. The molecule has 0 aliphatic heterocycles. The number of aliphatic hydroxyl groups excluding tert-OH is 1. The van der Waals surface area contributed by atoms with E-state index in [1.165, 1.54) is 4.80 Å². The maximum Gasteiger partial charge on any atom is 0.128 e. The van der Waals surface area contributed by atoms with Crippen LogP contribution in [0.2, 0.25) is 0 Å². The van der Waals surface area contributed by atoms with Crippen LogP contribution in [-0.4, -0.2) is 27.2 Å². The molecule has 106 valence electrons. The number of hydrogen-bond donors (Lipinski definition) is 1. The summed E-state index contributed by atoms with van der Waals surface area (Å²) < 4.78 is 5.26. The largest absolute Gasteiger partial charge is 0.496 e. The smallest absolute Gasteiger partial charge is 0.128 e. The molecule has 0 aliphatic carbocycles. The van der Waals surface area contributed by atoms with Gasteiger partial charge in [0, 0.05) is 5.56 Å². The van der Waals surface area contributed by atoms with E-state index in [0.29, 0.717) is 17.0 Å². The number of hydrogen-bond acceptors (Lipinski definition) is 4. The first-order valence-electron chi connectivity index (χ1n) is 6.58. The van der Waals surface area contributed by atoms with Crippen LogP contribution in [0.1, 0.15) is 17.4 Å². The van der Waals surface area contributed by atoms with Crippen LogP contribution in [0.4, 0.5) is 0 Å². The maximum absolute atomic E-state index is 10.5. The Morgan fingerprint density at radius 2 is 1.76 bits per heavy atom. The molecule has 3 rings (SSSR count). The van der Waals surface area contributed by atoms with Gasteiger partial charge in [-0.1, -0.05) is 36.4 Å². The molecule has 0 fully saturated rings. The Kier molecular flexibility index (Phi) is 3.66. The third-order valence-corrected chi connectivity index (χ3v) is 3.21. The zero-order valence-electron chi connectivity index (χ0n) is 11.5. The van der Waals surface area contributed by atoms with E-state index in [1.54, 1.807) is 19.4 Å². The Hall–Kier alpha value is -2.66. The molecule has 5 nitrogen and oxygen atoms in total. The van der Waals surface area contributed by atoms with Crippen LogP contribution in [-0.2, 0) is 0 Å². The standard InChI is InChI=1S/C16H15N3O2/c1-21-15-10-6-5-9-13(15)16(20)14-11-17-19(18-14)12-7-3-2-4-8-12/h2-11,16,20H,1H3. The number of methoxy groups -OCH3 is 1. The summed E-state index contributed by atoms with van der Waals surface area (Å²) in [5.74, 6) is 0.624. The van der Waals surface area contributed by atoms with Crippen molar-refractivity contribution in [1.82, 2.24) is 15.0 Å². The molecule has 2 aromatic carbocycles. The predicted molar refractivity (Wildman–Crippen MR) is 78.4 cm³/mol. The topological polar surface area (TPSA) is 60.2 Å². The highest BCUT2D eigenvalue weighted by Crippen LogP contribution is 2.28.